The van der Waals surface area contributed by atoms with Crippen LogP contribution in [-0.4, -0.2) is 10.2 Å². The summed E-state index contributed by atoms with van der Waals surface area (Å²) in [7, 11) is 0. The fourth-order valence-electron chi connectivity index (χ4n) is 1.80. The summed E-state index contributed by atoms with van der Waals surface area (Å²) in [4.78, 5) is 0. The van der Waals surface area contributed by atoms with Gasteiger partial charge in [-0.2, -0.15) is 5.10 Å². The summed E-state index contributed by atoms with van der Waals surface area (Å²) in [6.45, 7) is 0. The largest absolute Gasteiger partial charge is 0.398 e. The maximum absolute atomic E-state index is 5.88. The Labute approximate surface area is 80.5 Å². The zero-order valence-electron chi connectivity index (χ0n) is 7.49. The minimum atomic E-state index is 0.805. The van der Waals surface area contributed by atoms with Crippen molar-refractivity contribution in [3.63, 3.8) is 0 Å². The zero-order valence-corrected chi connectivity index (χ0v) is 7.49. The highest BCUT2D eigenvalue weighted by Gasteiger charge is 2.02. The van der Waals surface area contributed by atoms with Crippen LogP contribution in [-0.2, 0) is 0 Å². The number of hydrogen-bond donors (Lipinski definition) is 2. The molecular weight excluding hydrogens is 174 g/mol. The summed E-state index contributed by atoms with van der Waals surface area (Å²) in [5.41, 5.74) is 7.74. The summed E-state index contributed by atoms with van der Waals surface area (Å²) < 4.78 is 0. The highest BCUT2D eigenvalue weighted by atomic mass is 15.1. The average Bonchev–Trinajstić information content (AvgIpc) is 2.66. The van der Waals surface area contributed by atoms with Gasteiger partial charge in [0.05, 0.1) is 11.7 Å². The summed E-state index contributed by atoms with van der Waals surface area (Å²) in [5.74, 6) is 0. The number of nitrogens with two attached hydrogens (primary N) is 1. The van der Waals surface area contributed by atoms with Gasteiger partial charge in [0.25, 0.3) is 0 Å². The molecule has 0 radical (unpaired) electrons. The fourth-order valence-corrected chi connectivity index (χ4v) is 1.80. The Morgan fingerprint density at radius 2 is 2.00 bits per heavy atom. The van der Waals surface area contributed by atoms with Gasteiger partial charge in [-0.1, -0.05) is 24.3 Å². The van der Waals surface area contributed by atoms with E-state index in [1.807, 2.05) is 36.5 Å². The SMILES string of the molecule is Nc1cccc2c1ccc1cn[nH]c12. The van der Waals surface area contributed by atoms with E-state index in [9.17, 15) is 0 Å². The Morgan fingerprint density at radius 1 is 1.07 bits per heavy atom. The topological polar surface area (TPSA) is 54.7 Å². The molecule has 0 aliphatic carbocycles. The highest BCUT2D eigenvalue weighted by Crippen LogP contribution is 2.26. The molecule has 3 heteroatoms. The summed E-state index contributed by atoms with van der Waals surface area (Å²) in [5, 5.41) is 10.3. The minimum absolute atomic E-state index is 0.805. The summed E-state index contributed by atoms with van der Waals surface area (Å²) in [6.07, 6.45) is 1.82. The Kier molecular flexibility index (Phi) is 1.31. The van der Waals surface area contributed by atoms with Gasteiger partial charge >= 0.3 is 0 Å². The number of rotatable bonds is 0. The molecule has 3 N–H and O–H groups in total. The molecule has 1 heterocycles. The monoisotopic (exact) mass is 183 g/mol. The molecule has 14 heavy (non-hydrogen) atoms. The lowest BCUT2D eigenvalue weighted by Gasteiger charge is -2.01. The van der Waals surface area contributed by atoms with Crippen molar-refractivity contribution in [1.82, 2.24) is 10.2 Å². The van der Waals surface area contributed by atoms with Crippen LogP contribution in [0.5, 0.6) is 0 Å². The van der Waals surface area contributed by atoms with E-state index in [0.29, 0.717) is 0 Å². The number of fused-ring (bicyclic) bond motifs is 3. The maximum Gasteiger partial charge on any atom is 0.0729 e. The third kappa shape index (κ3) is 0.836. The lowest BCUT2D eigenvalue weighted by molar-refractivity contribution is 1.12. The molecule has 0 saturated carbocycles. The van der Waals surface area contributed by atoms with Gasteiger partial charge in [-0.25, -0.2) is 0 Å². The molecule has 0 amide bonds. The number of nitrogens with zero attached hydrogens (tertiary/aromatic N) is 1. The van der Waals surface area contributed by atoms with Crippen molar-refractivity contribution in [1.29, 1.82) is 0 Å². The first-order valence-electron chi connectivity index (χ1n) is 4.46. The summed E-state index contributed by atoms with van der Waals surface area (Å²) >= 11 is 0. The number of benzene rings is 2. The molecule has 3 rings (SSSR count). The van der Waals surface area contributed by atoms with Gasteiger partial charge in [0, 0.05) is 21.8 Å². The summed E-state index contributed by atoms with van der Waals surface area (Å²) in [6, 6.07) is 9.97. The predicted molar refractivity (Wildman–Crippen MR) is 58.0 cm³/mol. The van der Waals surface area contributed by atoms with Crippen LogP contribution in [0.15, 0.2) is 36.5 Å². The van der Waals surface area contributed by atoms with Crippen molar-refractivity contribution < 1.29 is 0 Å². The van der Waals surface area contributed by atoms with Gasteiger partial charge in [-0.3, -0.25) is 5.10 Å². The number of aromatic amines is 1. The van der Waals surface area contributed by atoms with Crippen LogP contribution in [0.4, 0.5) is 5.69 Å². The first-order valence-corrected chi connectivity index (χ1v) is 4.46. The van der Waals surface area contributed by atoms with Crippen LogP contribution in [0.2, 0.25) is 0 Å². The molecule has 0 unspecified atom stereocenters. The third-order valence-electron chi connectivity index (χ3n) is 2.51. The van der Waals surface area contributed by atoms with Crippen molar-refractivity contribution in [3.8, 4) is 0 Å². The highest BCUT2D eigenvalue weighted by molar-refractivity contribution is 6.08. The molecule has 68 valence electrons. The van der Waals surface area contributed by atoms with Gasteiger partial charge in [-0.05, 0) is 6.07 Å². The molecule has 0 aliphatic rings. The van der Waals surface area contributed by atoms with Crippen molar-refractivity contribution >= 4 is 27.4 Å². The second kappa shape index (κ2) is 2.48. The number of anilines is 1. The average molecular weight is 183 g/mol. The molecule has 3 nitrogen and oxygen atoms in total. The van der Waals surface area contributed by atoms with E-state index in [1.54, 1.807) is 0 Å². The second-order valence-electron chi connectivity index (χ2n) is 3.34. The molecule has 0 saturated heterocycles. The van der Waals surface area contributed by atoms with Crippen molar-refractivity contribution in [2.24, 2.45) is 0 Å². The Hall–Kier alpha value is -2.03. The van der Waals surface area contributed by atoms with Crippen LogP contribution in [0.1, 0.15) is 0 Å². The molecule has 3 aromatic rings. The molecule has 2 aromatic carbocycles. The first-order chi connectivity index (χ1) is 6.86. The Bertz CT molecular complexity index is 610. The smallest absolute Gasteiger partial charge is 0.0729 e. The van der Waals surface area contributed by atoms with E-state index in [1.165, 1.54) is 0 Å². The van der Waals surface area contributed by atoms with Gasteiger partial charge < -0.3 is 5.73 Å². The number of nitrogens with one attached hydrogen (secondary N) is 1. The van der Waals surface area contributed by atoms with E-state index in [2.05, 4.69) is 10.2 Å². The van der Waals surface area contributed by atoms with E-state index >= 15 is 0 Å². The molecular formula is C11H9N3. The second-order valence-corrected chi connectivity index (χ2v) is 3.34. The zero-order chi connectivity index (χ0) is 9.54. The van der Waals surface area contributed by atoms with Crippen LogP contribution < -0.4 is 5.73 Å². The number of H-pyrrole nitrogens is 1. The number of nitrogen functional groups attached to an aromatic ring is 1. The molecule has 0 atom stereocenters. The molecule has 0 fully saturated rings. The molecule has 0 bridgehead atoms. The lowest BCUT2D eigenvalue weighted by Crippen LogP contribution is -1.86. The quantitative estimate of drug-likeness (QED) is 0.525. The Balaban J connectivity index is 2.64. The van der Waals surface area contributed by atoms with Crippen LogP contribution in [0.3, 0.4) is 0 Å². The van der Waals surface area contributed by atoms with Gasteiger partial charge in [0.15, 0.2) is 0 Å². The van der Waals surface area contributed by atoms with E-state index in [0.717, 1.165) is 27.4 Å². The lowest BCUT2D eigenvalue weighted by atomic mass is 10.1. The van der Waals surface area contributed by atoms with Crippen molar-refractivity contribution in [2.45, 2.75) is 0 Å². The maximum atomic E-state index is 5.88. The van der Waals surface area contributed by atoms with Crippen LogP contribution >= 0.6 is 0 Å². The number of aromatic nitrogens is 2. The van der Waals surface area contributed by atoms with Crippen LogP contribution in [0, 0.1) is 0 Å². The van der Waals surface area contributed by atoms with E-state index in [-0.39, 0.29) is 0 Å². The first kappa shape index (κ1) is 7.38. The van der Waals surface area contributed by atoms with Gasteiger partial charge in [0.2, 0.25) is 0 Å². The van der Waals surface area contributed by atoms with Crippen molar-refractivity contribution in [2.75, 3.05) is 5.73 Å². The third-order valence-corrected chi connectivity index (χ3v) is 2.51. The molecule has 0 aliphatic heterocycles. The minimum Gasteiger partial charge on any atom is -0.398 e. The molecule has 1 aromatic heterocycles. The van der Waals surface area contributed by atoms with E-state index < -0.39 is 0 Å². The predicted octanol–water partition coefficient (Wildman–Crippen LogP) is 2.30. The van der Waals surface area contributed by atoms with Gasteiger partial charge in [-0.15, -0.1) is 0 Å². The van der Waals surface area contributed by atoms with Crippen molar-refractivity contribution in [3.05, 3.63) is 36.5 Å². The normalized spacial score (nSPS) is 11.1. The number of hydrogen-bond acceptors (Lipinski definition) is 2. The van der Waals surface area contributed by atoms with E-state index in [4.69, 9.17) is 5.73 Å². The standard InChI is InChI=1S/C11H9N3/c12-10-3-1-2-9-8(10)5-4-7-6-13-14-11(7)9/h1-6H,12H2,(H,13,14). The Morgan fingerprint density at radius 3 is 2.93 bits per heavy atom. The fraction of sp³-hybridized carbons (Fsp3) is 0. The molecule has 0 spiro atoms. The van der Waals surface area contributed by atoms with Crippen LogP contribution in [0.25, 0.3) is 21.7 Å². The van der Waals surface area contributed by atoms with Gasteiger partial charge in [0.1, 0.15) is 0 Å².